The van der Waals surface area contributed by atoms with Gasteiger partial charge in [0.15, 0.2) is 11.5 Å². The van der Waals surface area contributed by atoms with Crippen LogP contribution in [0, 0.1) is 11.3 Å². The number of hydrogen-bond acceptors (Lipinski definition) is 5. The molecule has 0 fully saturated rings. The van der Waals surface area contributed by atoms with E-state index in [9.17, 15) is 5.26 Å². The summed E-state index contributed by atoms with van der Waals surface area (Å²) in [4.78, 5) is 2.42. The van der Waals surface area contributed by atoms with Gasteiger partial charge in [0.1, 0.15) is 13.2 Å². The zero-order valence-electron chi connectivity index (χ0n) is 15.4. The minimum Gasteiger partial charge on any atom is -0.486 e. The molecule has 0 spiro atoms. The van der Waals surface area contributed by atoms with Crippen LogP contribution in [-0.4, -0.2) is 34.9 Å². The van der Waals surface area contributed by atoms with E-state index in [2.05, 4.69) is 33.3 Å². The van der Waals surface area contributed by atoms with Gasteiger partial charge in [-0.15, -0.1) is 0 Å². The molecule has 1 N–H and O–H groups in total. The number of aromatic amines is 1. The van der Waals surface area contributed by atoms with Gasteiger partial charge in [0.2, 0.25) is 0 Å². The first-order chi connectivity index (χ1) is 13.8. The molecule has 0 saturated heterocycles. The van der Waals surface area contributed by atoms with Crippen LogP contribution in [0.5, 0.6) is 11.5 Å². The molecule has 2 aliphatic heterocycles. The molecular formula is C22H20N4O2. The van der Waals surface area contributed by atoms with Crippen LogP contribution >= 0.6 is 0 Å². The lowest BCUT2D eigenvalue weighted by atomic mass is 9.99. The number of aromatic nitrogens is 2. The molecule has 28 heavy (non-hydrogen) atoms. The SMILES string of the molecule is N#Cc1cccc(-c2n[nH]c3c2CN(Cc2ccc4c(c2)OCCO4)CC3)c1. The van der Waals surface area contributed by atoms with Gasteiger partial charge in [-0.3, -0.25) is 10.00 Å². The van der Waals surface area contributed by atoms with Gasteiger partial charge in [-0.2, -0.15) is 10.4 Å². The molecule has 3 heterocycles. The summed E-state index contributed by atoms with van der Waals surface area (Å²) in [5.74, 6) is 1.66. The van der Waals surface area contributed by atoms with Gasteiger partial charge >= 0.3 is 0 Å². The number of nitrogens with one attached hydrogen (secondary N) is 1. The molecule has 0 saturated carbocycles. The molecule has 2 aromatic carbocycles. The molecule has 0 amide bonds. The topological polar surface area (TPSA) is 74.2 Å². The molecule has 0 radical (unpaired) electrons. The molecule has 3 aromatic rings. The monoisotopic (exact) mass is 372 g/mol. The van der Waals surface area contributed by atoms with E-state index in [-0.39, 0.29) is 0 Å². The second-order valence-electron chi connectivity index (χ2n) is 7.16. The highest BCUT2D eigenvalue weighted by molar-refractivity contribution is 5.66. The molecule has 6 nitrogen and oxygen atoms in total. The van der Waals surface area contributed by atoms with Crippen molar-refractivity contribution in [2.75, 3.05) is 19.8 Å². The Hall–Kier alpha value is -3.30. The smallest absolute Gasteiger partial charge is 0.161 e. The van der Waals surface area contributed by atoms with Gasteiger partial charge in [0, 0.05) is 42.9 Å². The summed E-state index contributed by atoms with van der Waals surface area (Å²) in [6.45, 7) is 3.85. The van der Waals surface area contributed by atoms with Crippen molar-refractivity contribution in [1.82, 2.24) is 15.1 Å². The quantitative estimate of drug-likeness (QED) is 0.764. The van der Waals surface area contributed by atoms with Crippen molar-refractivity contribution in [2.45, 2.75) is 19.5 Å². The van der Waals surface area contributed by atoms with E-state index in [4.69, 9.17) is 9.47 Å². The van der Waals surface area contributed by atoms with Crippen LogP contribution in [0.2, 0.25) is 0 Å². The number of rotatable bonds is 3. The Bertz CT molecular complexity index is 1070. The van der Waals surface area contributed by atoms with Crippen LogP contribution in [0.1, 0.15) is 22.4 Å². The third-order valence-corrected chi connectivity index (χ3v) is 5.29. The van der Waals surface area contributed by atoms with Gasteiger partial charge < -0.3 is 9.47 Å². The third-order valence-electron chi connectivity index (χ3n) is 5.29. The first kappa shape index (κ1) is 16.8. The Morgan fingerprint density at radius 1 is 1.11 bits per heavy atom. The number of hydrogen-bond donors (Lipinski definition) is 1. The number of nitrogens with zero attached hydrogens (tertiary/aromatic N) is 3. The Morgan fingerprint density at radius 3 is 2.89 bits per heavy atom. The highest BCUT2D eigenvalue weighted by Crippen LogP contribution is 2.33. The summed E-state index contributed by atoms with van der Waals surface area (Å²) in [5, 5.41) is 16.9. The summed E-state index contributed by atoms with van der Waals surface area (Å²) < 4.78 is 11.3. The Morgan fingerprint density at radius 2 is 2.00 bits per heavy atom. The Balaban J connectivity index is 1.38. The van der Waals surface area contributed by atoms with E-state index < -0.39 is 0 Å². The molecule has 140 valence electrons. The van der Waals surface area contributed by atoms with E-state index in [0.717, 1.165) is 48.8 Å². The summed E-state index contributed by atoms with van der Waals surface area (Å²) in [7, 11) is 0. The number of nitriles is 1. The first-order valence-corrected chi connectivity index (χ1v) is 9.48. The lowest BCUT2D eigenvalue weighted by Gasteiger charge is -2.27. The Kier molecular flexibility index (Phi) is 4.22. The second kappa shape index (κ2) is 7.02. The summed E-state index contributed by atoms with van der Waals surface area (Å²) in [5.41, 5.74) is 6.20. The second-order valence-corrected chi connectivity index (χ2v) is 7.16. The van der Waals surface area contributed by atoms with Crippen molar-refractivity contribution in [3.8, 4) is 28.8 Å². The van der Waals surface area contributed by atoms with Crippen molar-refractivity contribution >= 4 is 0 Å². The van der Waals surface area contributed by atoms with E-state index in [1.165, 1.54) is 16.8 Å². The molecule has 0 unspecified atom stereocenters. The Labute approximate surface area is 163 Å². The first-order valence-electron chi connectivity index (χ1n) is 9.48. The predicted octanol–water partition coefficient (Wildman–Crippen LogP) is 3.28. The van der Waals surface area contributed by atoms with Crippen LogP contribution < -0.4 is 9.47 Å². The third kappa shape index (κ3) is 3.10. The minimum absolute atomic E-state index is 0.601. The molecule has 0 bridgehead atoms. The lowest BCUT2D eigenvalue weighted by Crippen LogP contribution is -2.30. The van der Waals surface area contributed by atoms with Crippen molar-refractivity contribution in [3.63, 3.8) is 0 Å². The highest BCUT2D eigenvalue weighted by atomic mass is 16.6. The summed E-state index contributed by atoms with van der Waals surface area (Å²) >= 11 is 0. The van der Waals surface area contributed by atoms with E-state index in [0.29, 0.717) is 18.8 Å². The molecule has 0 aliphatic carbocycles. The normalized spacial score (nSPS) is 15.7. The summed E-state index contributed by atoms with van der Waals surface area (Å²) in [6, 6.07) is 16.0. The van der Waals surface area contributed by atoms with Gasteiger partial charge in [0.25, 0.3) is 0 Å². The van der Waals surface area contributed by atoms with Crippen molar-refractivity contribution < 1.29 is 9.47 Å². The van der Waals surface area contributed by atoms with E-state index in [1.54, 1.807) is 0 Å². The largest absolute Gasteiger partial charge is 0.486 e. The maximum atomic E-state index is 9.18. The zero-order valence-corrected chi connectivity index (χ0v) is 15.4. The molecule has 1 aromatic heterocycles. The number of H-pyrrole nitrogens is 1. The fourth-order valence-corrected chi connectivity index (χ4v) is 3.91. The average molecular weight is 372 g/mol. The molecular weight excluding hydrogens is 352 g/mol. The van der Waals surface area contributed by atoms with Crippen LogP contribution in [-0.2, 0) is 19.5 Å². The van der Waals surface area contributed by atoms with Crippen LogP contribution in [0.4, 0.5) is 0 Å². The average Bonchev–Trinajstić information content (AvgIpc) is 3.17. The van der Waals surface area contributed by atoms with Gasteiger partial charge in [-0.1, -0.05) is 18.2 Å². The fourth-order valence-electron chi connectivity index (χ4n) is 3.91. The van der Waals surface area contributed by atoms with E-state index >= 15 is 0 Å². The van der Waals surface area contributed by atoms with Crippen molar-refractivity contribution in [3.05, 3.63) is 64.8 Å². The minimum atomic E-state index is 0.601. The number of benzene rings is 2. The van der Waals surface area contributed by atoms with Crippen LogP contribution in [0.15, 0.2) is 42.5 Å². The van der Waals surface area contributed by atoms with Gasteiger partial charge in [-0.25, -0.2) is 0 Å². The zero-order chi connectivity index (χ0) is 18.9. The van der Waals surface area contributed by atoms with Crippen LogP contribution in [0.3, 0.4) is 0 Å². The molecule has 5 rings (SSSR count). The summed E-state index contributed by atoms with van der Waals surface area (Å²) in [6.07, 6.45) is 0.935. The number of fused-ring (bicyclic) bond motifs is 2. The maximum Gasteiger partial charge on any atom is 0.161 e. The van der Waals surface area contributed by atoms with E-state index in [1.807, 2.05) is 30.3 Å². The standard InChI is InChI=1S/C22H20N4O2/c23-12-15-2-1-3-17(10-15)22-18-14-26(7-6-19(18)24-25-22)13-16-4-5-20-21(11-16)28-9-8-27-20/h1-5,10-11H,6-9,13-14H2,(H,24,25). The van der Waals surface area contributed by atoms with Crippen LogP contribution in [0.25, 0.3) is 11.3 Å². The van der Waals surface area contributed by atoms with Crippen molar-refractivity contribution in [2.24, 2.45) is 0 Å². The van der Waals surface area contributed by atoms with Gasteiger partial charge in [0.05, 0.1) is 17.3 Å². The maximum absolute atomic E-state index is 9.18. The fraction of sp³-hybridized carbons (Fsp3) is 0.273. The molecule has 0 atom stereocenters. The lowest BCUT2D eigenvalue weighted by molar-refractivity contribution is 0.171. The van der Waals surface area contributed by atoms with Crippen molar-refractivity contribution in [1.29, 1.82) is 5.26 Å². The van der Waals surface area contributed by atoms with Gasteiger partial charge in [-0.05, 0) is 29.8 Å². The molecule has 2 aliphatic rings. The number of ether oxygens (including phenoxy) is 2. The molecule has 6 heteroatoms. The highest BCUT2D eigenvalue weighted by Gasteiger charge is 2.23. The predicted molar refractivity (Wildman–Crippen MR) is 104 cm³/mol.